The molecule has 0 N–H and O–H groups in total. The molecule has 0 aliphatic heterocycles. The Labute approximate surface area is 80.0 Å². The highest BCUT2D eigenvalue weighted by Crippen LogP contribution is 2.14. The van der Waals surface area contributed by atoms with E-state index in [1.165, 1.54) is 11.3 Å². The SMILES string of the molecule is [c]1sccc1OCc1ncccn1. The highest BCUT2D eigenvalue weighted by Gasteiger charge is 1.96. The quantitative estimate of drug-likeness (QED) is 0.743. The zero-order chi connectivity index (χ0) is 8.93. The van der Waals surface area contributed by atoms with Crippen molar-refractivity contribution in [1.29, 1.82) is 0 Å². The van der Waals surface area contributed by atoms with Crippen LogP contribution in [0.1, 0.15) is 5.82 Å². The lowest BCUT2D eigenvalue weighted by Gasteiger charge is -2.00. The van der Waals surface area contributed by atoms with Gasteiger partial charge in [-0.15, -0.1) is 11.3 Å². The summed E-state index contributed by atoms with van der Waals surface area (Å²) in [5, 5.41) is 4.89. The first kappa shape index (κ1) is 8.19. The molecule has 0 fully saturated rings. The van der Waals surface area contributed by atoms with Crippen LogP contribution < -0.4 is 4.74 Å². The van der Waals surface area contributed by atoms with Crippen LogP contribution in [0, 0.1) is 5.38 Å². The highest BCUT2D eigenvalue weighted by molar-refractivity contribution is 7.07. The lowest BCUT2D eigenvalue weighted by Crippen LogP contribution is -1.99. The van der Waals surface area contributed by atoms with E-state index in [4.69, 9.17) is 4.74 Å². The van der Waals surface area contributed by atoms with E-state index in [1.54, 1.807) is 18.5 Å². The third-order valence-corrected chi connectivity index (χ3v) is 2.01. The van der Waals surface area contributed by atoms with Gasteiger partial charge >= 0.3 is 0 Å². The topological polar surface area (TPSA) is 35.0 Å². The summed E-state index contributed by atoms with van der Waals surface area (Å²) in [6.45, 7) is 0.397. The van der Waals surface area contributed by atoms with E-state index < -0.39 is 0 Å². The summed E-state index contributed by atoms with van der Waals surface area (Å²) in [5.74, 6) is 1.43. The van der Waals surface area contributed by atoms with Gasteiger partial charge in [0.2, 0.25) is 0 Å². The molecule has 0 amide bonds. The van der Waals surface area contributed by atoms with Crippen LogP contribution in [0.25, 0.3) is 0 Å². The molecular weight excluding hydrogens is 184 g/mol. The maximum Gasteiger partial charge on any atom is 0.166 e. The monoisotopic (exact) mass is 191 g/mol. The molecule has 3 nitrogen and oxygen atoms in total. The van der Waals surface area contributed by atoms with Crippen molar-refractivity contribution in [2.75, 3.05) is 0 Å². The van der Waals surface area contributed by atoms with Gasteiger partial charge < -0.3 is 4.74 Å². The smallest absolute Gasteiger partial charge is 0.166 e. The largest absolute Gasteiger partial charge is 0.484 e. The van der Waals surface area contributed by atoms with Crippen LogP contribution >= 0.6 is 11.3 Å². The van der Waals surface area contributed by atoms with E-state index in [1.807, 2.05) is 11.4 Å². The predicted molar refractivity (Wildman–Crippen MR) is 49.5 cm³/mol. The molecule has 0 aliphatic carbocycles. The number of rotatable bonds is 3. The zero-order valence-electron chi connectivity index (χ0n) is 6.80. The fourth-order valence-electron chi connectivity index (χ4n) is 0.846. The molecule has 2 aromatic rings. The van der Waals surface area contributed by atoms with E-state index >= 15 is 0 Å². The first-order chi connectivity index (χ1) is 6.45. The molecule has 0 bridgehead atoms. The number of hydrogen-bond donors (Lipinski definition) is 0. The molecule has 0 saturated heterocycles. The molecule has 2 heterocycles. The van der Waals surface area contributed by atoms with E-state index in [9.17, 15) is 0 Å². The Hall–Kier alpha value is -1.42. The maximum absolute atomic E-state index is 5.36. The predicted octanol–water partition coefficient (Wildman–Crippen LogP) is 1.92. The van der Waals surface area contributed by atoms with Crippen LogP contribution in [0.4, 0.5) is 0 Å². The standard InChI is InChI=1S/C9H7N2OS/c1-3-10-9(11-4-1)6-12-8-2-5-13-7-8/h1-5H,6H2. The zero-order valence-corrected chi connectivity index (χ0v) is 7.62. The Bertz CT molecular complexity index is 347. The second-order valence-electron chi connectivity index (χ2n) is 2.34. The van der Waals surface area contributed by atoms with Gasteiger partial charge in [-0.2, -0.15) is 0 Å². The van der Waals surface area contributed by atoms with Crippen LogP contribution in [-0.2, 0) is 6.61 Å². The van der Waals surface area contributed by atoms with E-state index in [0.717, 1.165) is 5.75 Å². The average Bonchev–Trinajstić information content (AvgIpc) is 2.69. The van der Waals surface area contributed by atoms with Gasteiger partial charge in [0, 0.05) is 12.4 Å². The van der Waals surface area contributed by atoms with Crippen molar-refractivity contribution in [3.63, 3.8) is 0 Å². The van der Waals surface area contributed by atoms with Crippen molar-refractivity contribution in [1.82, 2.24) is 9.97 Å². The first-order valence-electron chi connectivity index (χ1n) is 3.79. The van der Waals surface area contributed by atoms with E-state index in [2.05, 4.69) is 15.3 Å². The van der Waals surface area contributed by atoms with Gasteiger partial charge in [-0.1, -0.05) is 0 Å². The summed E-state index contributed by atoms with van der Waals surface area (Å²) in [6, 6.07) is 3.65. The Morgan fingerprint density at radius 2 is 2.23 bits per heavy atom. The van der Waals surface area contributed by atoms with Gasteiger partial charge in [-0.3, -0.25) is 0 Å². The summed E-state index contributed by atoms with van der Waals surface area (Å²) in [4.78, 5) is 8.06. The van der Waals surface area contributed by atoms with Gasteiger partial charge in [-0.05, 0) is 17.5 Å². The molecule has 0 atom stereocenters. The number of nitrogens with zero attached hydrogens (tertiary/aromatic N) is 2. The molecular formula is C9H7N2OS. The maximum atomic E-state index is 5.36. The fraction of sp³-hybridized carbons (Fsp3) is 0.111. The van der Waals surface area contributed by atoms with Crippen molar-refractivity contribution >= 4 is 11.3 Å². The second-order valence-corrected chi connectivity index (χ2v) is 3.05. The Balaban J connectivity index is 1.94. The number of thiophene rings is 1. The first-order valence-corrected chi connectivity index (χ1v) is 4.67. The van der Waals surface area contributed by atoms with Gasteiger partial charge in [0.1, 0.15) is 12.4 Å². The number of ether oxygens (including phenoxy) is 1. The van der Waals surface area contributed by atoms with Crippen molar-refractivity contribution in [2.45, 2.75) is 6.61 Å². The third-order valence-electron chi connectivity index (χ3n) is 1.42. The normalized spacial score (nSPS) is 9.85. The molecule has 13 heavy (non-hydrogen) atoms. The van der Waals surface area contributed by atoms with Crippen LogP contribution in [0.15, 0.2) is 29.9 Å². The lowest BCUT2D eigenvalue weighted by molar-refractivity contribution is 0.296. The molecule has 1 radical (unpaired) electrons. The number of aromatic nitrogens is 2. The lowest BCUT2D eigenvalue weighted by atomic mass is 10.5. The van der Waals surface area contributed by atoms with Gasteiger partial charge in [0.05, 0.1) is 5.38 Å². The van der Waals surface area contributed by atoms with Crippen molar-refractivity contribution in [3.05, 3.63) is 41.1 Å². The fourth-order valence-corrected chi connectivity index (χ4v) is 1.35. The van der Waals surface area contributed by atoms with Gasteiger partial charge in [0.25, 0.3) is 0 Å². The molecule has 0 aromatic carbocycles. The molecule has 0 aliphatic rings. The molecule has 4 heteroatoms. The van der Waals surface area contributed by atoms with Crippen molar-refractivity contribution in [2.24, 2.45) is 0 Å². The Morgan fingerprint density at radius 1 is 1.38 bits per heavy atom. The minimum absolute atomic E-state index is 0.397. The summed E-state index contributed by atoms with van der Waals surface area (Å²) < 4.78 is 5.36. The molecule has 65 valence electrons. The summed E-state index contributed by atoms with van der Waals surface area (Å²) >= 11 is 1.48. The third kappa shape index (κ3) is 2.26. The van der Waals surface area contributed by atoms with Crippen LogP contribution in [0.5, 0.6) is 5.75 Å². The molecule has 0 unspecified atom stereocenters. The Morgan fingerprint density at radius 3 is 2.92 bits per heavy atom. The second kappa shape index (κ2) is 4.00. The molecule has 2 rings (SSSR count). The van der Waals surface area contributed by atoms with E-state index in [-0.39, 0.29) is 0 Å². The van der Waals surface area contributed by atoms with Crippen LogP contribution in [0.3, 0.4) is 0 Å². The number of hydrogen-bond acceptors (Lipinski definition) is 4. The van der Waals surface area contributed by atoms with Crippen molar-refractivity contribution in [3.8, 4) is 5.75 Å². The minimum atomic E-state index is 0.397. The summed E-state index contributed by atoms with van der Waals surface area (Å²) in [7, 11) is 0. The van der Waals surface area contributed by atoms with Gasteiger partial charge in [-0.25, -0.2) is 9.97 Å². The average molecular weight is 191 g/mol. The summed E-state index contributed by atoms with van der Waals surface area (Å²) in [6.07, 6.45) is 3.39. The van der Waals surface area contributed by atoms with Crippen LogP contribution in [-0.4, -0.2) is 9.97 Å². The Kier molecular flexibility index (Phi) is 2.52. The van der Waals surface area contributed by atoms with Gasteiger partial charge in [0.15, 0.2) is 5.82 Å². The minimum Gasteiger partial charge on any atom is -0.484 e. The molecule has 0 spiro atoms. The highest BCUT2D eigenvalue weighted by atomic mass is 32.1. The van der Waals surface area contributed by atoms with Crippen molar-refractivity contribution < 1.29 is 4.74 Å². The molecule has 2 aromatic heterocycles. The van der Waals surface area contributed by atoms with Crippen LogP contribution in [0.2, 0.25) is 0 Å². The molecule has 0 saturated carbocycles. The van der Waals surface area contributed by atoms with E-state index in [0.29, 0.717) is 12.4 Å². The summed E-state index contributed by atoms with van der Waals surface area (Å²) in [5.41, 5.74) is 0.